The van der Waals surface area contributed by atoms with E-state index in [2.05, 4.69) is 20.8 Å². The van der Waals surface area contributed by atoms with Crippen LogP contribution in [-0.4, -0.2) is 22.0 Å². The van der Waals surface area contributed by atoms with Gasteiger partial charge in [0.15, 0.2) is 5.69 Å². The number of para-hydroxylation sites is 1. The fourth-order valence-electron chi connectivity index (χ4n) is 2.88. The largest absolute Gasteiger partial charge is 0.361 e. The van der Waals surface area contributed by atoms with E-state index in [1.165, 1.54) is 0 Å². The van der Waals surface area contributed by atoms with E-state index in [0.29, 0.717) is 22.8 Å². The first-order valence-electron chi connectivity index (χ1n) is 9.02. The van der Waals surface area contributed by atoms with E-state index in [1.54, 1.807) is 31.2 Å². The van der Waals surface area contributed by atoms with Crippen molar-refractivity contribution in [3.05, 3.63) is 83.4 Å². The number of nitrogens with one attached hydrogen (secondary N) is 2. The zero-order chi connectivity index (χ0) is 20.4. The van der Waals surface area contributed by atoms with Crippen LogP contribution >= 0.6 is 0 Å². The van der Waals surface area contributed by atoms with Crippen molar-refractivity contribution < 1.29 is 14.1 Å². The Kier molecular flexibility index (Phi) is 4.78. The van der Waals surface area contributed by atoms with E-state index in [-0.39, 0.29) is 17.5 Å². The number of carbonyl (C=O) groups excluding carboxylic acids is 2. The summed E-state index contributed by atoms with van der Waals surface area (Å²) in [5, 5.41) is 10.3. The second kappa shape index (κ2) is 7.55. The van der Waals surface area contributed by atoms with Gasteiger partial charge in [-0.05, 0) is 43.7 Å². The summed E-state index contributed by atoms with van der Waals surface area (Å²) in [7, 11) is 0. The zero-order valence-electron chi connectivity index (χ0n) is 15.9. The van der Waals surface area contributed by atoms with Crippen molar-refractivity contribution in [2.45, 2.75) is 13.8 Å². The van der Waals surface area contributed by atoms with Crippen LogP contribution in [0.4, 0.5) is 11.4 Å². The Balaban J connectivity index is 1.53. The Morgan fingerprint density at radius 1 is 0.862 bits per heavy atom. The molecular formula is C22H18N4O3. The van der Waals surface area contributed by atoms with Crippen LogP contribution in [0, 0.1) is 13.8 Å². The van der Waals surface area contributed by atoms with Gasteiger partial charge in [0.05, 0.1) is 5.52 Å². The standard InChI is InChI=1S/C22H18N4O3/c1-13-7-9-16(12-19(13)25-22(28)20-11-14(2)29-26-20)23-21(27)18-10-8-15-5-3-4-6-17(15)24-18/h3-12H,1-2H3,(H,23,27)(H,25,28). The fourth-order valence-corrected chi connectivity index (χ4v) is 2.88. The number of aryl methyl sites for hydroxylation is 2. The first-order chi connectivity index (χ1) is 14.0. The highest BCUT2D eigenvalue weighted by atomic mass is 16.5. The lowest BCUT2D eigenvalue weighted by Crippen LogP contribution is -2.15. The van der Waals surface area contributed by atoms with Crippen LogP contribution in [0.5, 0.6) is 0 Å². The molecule has 0 spiro atoms. The fraction of sp³-hybridized carbons (Fsp3) is 0.0909. The minimum absolute atomic E-state index is 0.191. The average molecular weight is 386 g/mol. The molecule has 2 aromatic carbocycles. The molecule has 2 N–H and O–H groups in total. The molecule has 0 fully saturated rings. The molecule has 29 heavy (non-hydrogen) atoms. The molecule has 144 valence electrons. The number of rotatable bonds is 4. The quantitative estimate of drug-likeness (QED) is 0.544. The normalized spacial score (nSPS) is 10.7. The Morgan fingerprint density at radius 3 is 2.45 bits per heavy atom. The van der Waals surface area contributed by atoms with Gasteiger partial charge in [-0.1, -0.05) is 35.5 Å². The third kappa shape index (κ3) is 3.98. The van der Waals surface area contributed by atoms with Gasteiger partial charge in [0, 0.05) is 22.8 Å². The molecule has 7 nitrogen and oxygen atoms in total. The maximum absolute atomic E-state index is 12.6. The van der Waals surface area contributed by atoms with Crippen LogP contribution in [0.1, 0.15) is 32.3 Å². The number of nitrogens with zero attached hydrogens (tertiary/aromatic N) is 2. The predicted octanol–water partition coefficient (Wildman–Crippen LogP) is 4.34. The molecule has 4 aromatic rings. The van der Waals surface area contributed by atoms with Gasteiger partial charge < -0.3 is 15.2 Å². The van der Waals surface area contributed by atoms with Gasteiger partial charge in [-0.3, -0.25) is 9.59 Å². The number of hydrogen-bond donors (Lipinski definition) is 2. The average Bonchev–Trinajstić information content (AvgIpc) is 3.16. The van der Waals surface area contributed by atoms with Crippen LogP contribution < -0.4 is 10.6 Å². The number of fused-ring (bicyclic) bond motifs is 1. The zero-order valence-corrected chi connectivity index (χ0v) is 15.9. The van der Waals surface area contributed by atoms with E-state index in [9.17, 15) is 9.59 Å². The number of pyridine rings is 1. The highest BCUT2D eigenvalue weighted by molar-refractivity contribution is 6.06. The summed E-state index contributed by atoms with van der Waals surface area (Å²) >= 11 is 0. The molecule has 0 aliphatic heterocycles. The molecule has 0 radical (unpaired) electrons. The van der Waals surface area contributed by atoms with Crippen LogP contribution in [0.15, 0.2) is 65.2 Å². The van der Waals surface area contributed by atoms with Crippen molar-refractivity contribution in [2.75, 3.05) is 10.6 Å². The van der Waals surface area contributed by atoms with E-state index in [4.69, 9.17) is 4.52 Å². The van der Waals surface area contributed by atoms with E-state index in [1.807, 2.05) is 43.3 Å². The topological polar surface area (TPSA) is 97.1 Å². The second-order valence-electron chi connectivity index (χ2n) is 6.65. The van der Waals surface area contributed by atoms with E-state index >= 15 is 0 Å². The minimum Gasteiger partial charge on any atom is -0.361 e. The molecule has 2 aromatic heterocycles. The molecule has 7 heteroatoms. The molecule has 0 aliphatic carbocycles. The Hall–Kier alpha value is -4.00. The third-order valence-corrected chi connectivity index (χ3v) is 4.44. The molecule has 2 amide bonds. The number of anilines is 2. The van der Waals surface area contributed by atoms with Gasteiger partial charge in [0.2, 0.25) is 0 Å². The minimum atomic E-state index is -0.385. The Labute approximate surface area is 166 Å². The smallest absolute Gasteiger partial charge is 0.277 e. The number of aromatic nitrogens is 2. The summed E-state index contributed by atoms with van der Waals surface area (Å²) in [4.78, 5) is 29.3. The van der Waals surface area contributed by atoms with Gasteiger partial charge in [-0.15, -0.1) is 0 Å². The number of amides is 2. The second-order valence-corrected chi connectivity index (χ2v) is 6.65. The maximum atomic E-state index is 12.6. The van der Waals surface area contributed by atoms with Gasteiger partial charge in [0.1, 0.15) is 11.5 Å². The van der Waals surface area contributed by atoms with E-state index in [0.717, 1.165) is 16.5 Å². The van der Waals surface area contributed by atoms with Gasteiger partial charge >= 0.3 is 0 Å². The van der Waals surface area contributed by atoms with Crippen molar-refractivity contribution in [1.29, 1.82) is 0 Å². The molecule has 0 atom stereocenters. The van der Waals surface area contributed by atoms with Crippen LogP contribution in [0.3, 0.4) is 0 Å². The first-order valence-corrected chi connectivity index (χ1v) is 9.02. The van der Waals surface area contributed by atoms with Crippen LogP contribution in [0.25, 0.3) is 10.9 Å². The SMILES string of the molecule is Cc1cc(C(=O)Nc2cc(NC(=O)c3ccc4ccccc4n3)ccc2C)no1. The van der Waals surface area contributed by atoms with Crippen molar-refractivity contribution in [3.63, 3.8) is 0 Å². The summed E-state index contributed by atoms with van der Waals surface area (Å²) in [6, 6.07) is 18.0. The lowest BCUT2D eigenvalue weighted by Gasteiger charge is -2.11. The van der Waals surface area contributed by atoms with Crippen LogP contribution in [0.2, 0.25) is 0 Å². The van der Waals surface area contributed by atoms with Gasteiger partial charge in [0.25, 0.3) is 11.8 Å². The lowest BCUT2D eigenvalue weighted by molar-refractivity contribution is 0.101. The van der Waals surface area contributed by atoms with Crippen molar-refractivity contribution >= 4 is 34.1 Å². The van der Waals surface area contributed by atoms with Crippen LogP contribution in [-0.2, 0) is 0 Å². The summed E-state index contributed by atoms with van der Waals surface area (Å²) in [6.07, 6.45) is 0. The summed E-state index contributed by atoms with van der Waals surface area (Å²) in [5.41, 5.74) is 3.21. The van der Waals surface area contributed by atoms with E-state index < -0.39 is 0 Å². The molecule has 0 saturated carbocycles. The Morgan fingerprint density at radius 2 is 1.66 bits per heavy atom. The summed E-state index contributed by atoms with van der Waals surface area (Å²) in [5.74, 6) is -0.163. The number of carbonyl (C=O) groups is 2. The van der Waals surface area contributed by atoms with Crippen molar-refractivity contribution in [1.82, 2.24) is 10.1 Å². The summed E-state index contributed by atoms with van der Waals surface area (Å²) < 4.78 is 4.93. The monoisotopic (exact) mass is 386 g/mol. The maximum Gasteiger partial charge on any atom is 0.277 e. The molecule has 0 aliphatic rings. The molecule has 4 rings (SSSR count). The highest BCUT2D eigenvalue weighted by Gasteiger charge is 2.14. The van der Waals surface area contributed by atoms with Gasteiger partial charge in [-0.25, -0.2) is 4.98 Å². The number of hydrogen-bond acceptors (Lipinski definition) is 5. The molecular weight excluding hydrogens is 368 g/mol. The van der Waals surface area contributed by atoms with Crippen molar-refractivity contribution in [3.8, 4) is 0 Å². The summed E-state index contributed by atoms with van der Waals surface area (Å²) in [6.45, 7) is 3.58. The predicted molar refractivity (Wildman–Crippen MR) is 110 cm³/mol. The van der Waals surface area contributed by atoms with Gasteiger partial charge in [-0.2, -0.15) is 0 Å². The molecule has 0 bridgehead atoms. The lowest BCUT2D eigenvalue weighted by atomic mass is 10.1. The first kappa shape index (κ1) is 18.4. The highest BCUT2D eigenvalue weighted by Crippen LogP contribution is 2.22. The van der Waals surface area contributed by atoms with Crippen molar-refractivity contribution in [2.24, 2.45) is 0 Å². The molecule has 0 unspecified atom stereocenters. The third-order valence-electron chi connectivity index (χ3n) is 4.44. The number of benzene rings is 2. The molecule has 0 saturated heterocycles. The molecule has 2 heterocycles. The Bertz CT molecular complexity index is 1230.